The second kappa shape index (κ2) is 11.1. The van der Waals surface area contributed by atoms with Crippen LogP contribution in [-0.2, 0) is 0 Å². The second-order valence-corrected chi connectivity index (χ2v) is 10.4. The topological polar surface area (TPSA) is 96.0 Å². The van der Waals surface area contributed by atoms with Gasteiger partial charge >= 0.3 is 0 Å². The third kappa shape index (κ3) is 5.67. The fourth-order valence-electron chi connectivity index (χ4n) is 4.75. The molecule has 5 rings (SSSR count). The van der Waals surface area contributed by atoms with Crippen molar-refractivity contribution in [3.63, 3.8) is 0 Å². The lowest BCUT2D eigenvalue weighted by Gasteiger charge is -2.35. The molecule has 1 aliphatic rings. The van der Waals surface area contributed by atoms with E-state index in [0.29, 0.717) is 40.1 Å². The first-order valence-corrected chi connectivity index (χ1v) is 13.2. The predicted molar refractivity (Wildman–Crippen MR) is 151 cm³/mol. The molecular formula is C28H28Cl2N6O2. The van der Waals surface area contributed by atoms with Gasteiger partial charge in [0.1, 0.15) is 17.5 Å². The van der Waals surface area contributed by atoms with Crippen molar-refractivity contribution in [2.45, 2.75) is 39.0 Å². The molecule has 1 saturated heterocycles. The summed E-state index contributed by atoms with van der Waals surface area (Å²) in [6.07, 6.45) is 8.24. The molecule has 38 heavy (non-hydrogen) atoms. The highest BCUT2D eigenvalue weighted by Crippen LogP contribution is 2.33. The molecule has 0 aliphatic carbocycles. The second-order valence-electron chi connectivity index (χ2n) is 9.58. The van der Waals surface area contributed by atoms with E-state index in [4.69, 9.17) is 27.9 Å². The maximum absolute atomic E-state index is 12.9. The van der Waals surface area contributed by atoms with E-state index < -0.39 is 0 Å². The van der Waals surface area contributed by atoms with Gasteiger partial charge in [-0.3, -0.25) is 19.9 Å². The van der Waals surface area contributed by atoms with E-state index in [1.807, 2.05) is 48.2 Å². The molecule has 2 N–H and O–H groups in total. The van der Waals surface area contributed by atoms with E-state index >= 15 is 0 Å². The summed E-state index contributed by atoms with van der Waals surface area (Å²) < 4.78 is 6.14. The van der Waals surface area contributed by atoms with Crippen molar-refractivity contribution < 1.29 is 9.53 Å². The van der Waals surface area contributed by atoms with E-state index in [9.17, 15) is 4.79 Å². The van der Waals surface area contributed by atoms with E-state index in [1.54, 1.807) is 24.7 Å². The minimum atomic E-state index is -0.374. The number of hydrogen-bond acceptors (Lipinski definition) is 6. The Labute approximate surface area is 231 Å². The van der Waals surface area contributed by atoms with Gasteiger partial charge in [0.15, 0.2) is 0 Å². The number of H-pyrrole nitrogens is 1. The molecule has 10 heteroatoms. The normalized spacial score (nSPS) is 18.7. The molecule has 1 amide bonds. The highest BCUT2D eigenvalue weighted by molar-refractivity contribution is 6.35. The first-order valence-electron chi connectivity index (χ1n) is 12.4. The van der Waals surface area contributed by atoms with Gasteiger partial charge in [-0.1, -0.05) is 35.3 Å². The summed E-state index contributed by atoms with van der Waals surface area (Å²) in [5, 5.41) is 12.7. The lowest BCUT2D eigenvalue weighted by atomic mass is 10.1. The number of aromatic amines is 1. The van der Waals surface area contributed by atoms with E-state index in [-0.39, 0.29) is 24.1 Å². The van der Waals surface area contributed by atoms with Crippen molar-refractivity contribution in [1.29, 1.82) is 0 Å². The molecule has 1 aromatic carbocycles. The smallest absolute Gasteiger partial charge is 0.272 e. The third-order valence-electron chi connectivity index (χ3n) is 6.46. The van der Waals surface area contributed by atoms with Gasteiger partial charge in [0.2, 0.25) is 0 Å². The summed E-state index contributed by atoms with van der Waals surface area (Å²) in [5.41, 5.74) is 3.62. The summed E-state index contributed by atoms with van der Waals surface area (Å²) in [5.74, 6) is 0.612. The van der Waals surface area contributed by atoms with E-state index in [0.717, 1.165) is 22.2 Å². The van der Waals surface area contributed by atoms with Crippen molar-refractivity contribution in [2.24, 2.45) is 0 Å². The third-order valence-corrected chi connectivity index (χ3v) is 7.06. The van der Waals surface area contributed by atoms with Crippen LogP contribution in [0.25, 0.3) is 23.1 Å². The van der Waals surface area contributed by atoms with Crippen molar-refractivity contribution in [2.75, 3.05) is 13.1 Å². The number of pyridine rings is 2. The van der Waals surface area contributed by atoms with Crippen LogP contribution >= 0.6 is 23.2 Å². The zero-order valence-corrected chi connectivity index (χ0v) is 22.8. The molecule has 4 aromatic rings. The molecule has 0 radical (unpaired) electrons. The number of benzene rings is 1. The molecule has 3 aromatic heterocycles. The van der Waals surface area contributed by atoms with Crippen LogP contribution in [0.15, 0.2) is 48.9 Å². The van der Waals surface area contributed by atoms with Crippen LogP contribution in [-0.4, -0.2) is 56.1 Å². The van der Waals surface area contributed by atoms with Gasteiger partial charge in [0.05, 0.1) is 21.3 Å². The molecule has 0 spiro atoms. The highest BCUT2D eigenvalue weighted by atomic mass is 35.5. The average molecular weight is 551 g/mol. The number of fused-ring (bicyclic) bond motifs is 1. The van der Waals surface area contributed by atoms with Gasteiger partial charge < -0.3 is 15.0 Å². The number of carbonyl (C=O) groups excluding carboxylic acids is 1. The van der Waals surface area contributed by atoms with Crippen LogP contribution in [0.4, 0.5) is 0 Å². The number of carbonyl (C=O) groups is 1. The summed E-state index contributed by atoms with van der Waals surface area (Å²) in [6, 6.07) is 9.88. The highest BCUT2D eigenvalue weighted by Gasteiger charge is 2.26. The molecule has 3 unspecified atom stereocenters. The lowest BCUT2D eigenvalue weighted by molar-refractivity contribution is 0.0668. The molecule has 4 heterocycles. The lowest BCUT2D eigenvalue weighted by Crippen LogP contribution is -2.55. The Morgan fingerprint density at radius 1 is 1.08 bits per heavy atom. The standard InChI is InChI=1S/C28H28Cl2N6O2/c1-16-14-36(15-17(2)33-16)28(37)26-8-5-19(11-32-26)4-7-24-21-10-20(6-9-25(21)35-34-24)38-18(3)27-22(29)12-31-13-23(27)30/h4-13,16-18,33H,14-15H2,1-3H3,(H,34,35)/b7-4+. The van der Waals surface area contributed by atoms with Crippen LogP contribution in [0, 0.1) is 0 Å². The number of hydrogen-bond donors (Lipinski definition) is 2. The zero-order valence-electron chi connectivity index (χ0n) is 21.3. The SMILES string of the molecule is CC1CN(C(=O)c2ccc(/C=C/c3n[nH]c4ccc(OC(C)c5c(Cl)cncc5Cl)cc34)cn2)CC(C)N1. The molecule has 0 bridgehead atoms. The molecule has 1 fully saturated rings. The van der Waals surface area contributed by atoms with Crippen LogP contribution < -0.4 is 10.1 Å². The summed E-state index contributed by atoms with van der Waals surface area (Å²) in [7, 11) is 0. The zero-order chi connectivity index (χ0) is 26.8. The summed E-state index contributed by atoms with van der Waals surface area (Å²) in [4.78, 5) is 23.2. The van der Waals surface area contributed by atoms with Crippen molar-refractivity contribution in [3.05, 3.63) is 81.5 Å². The van der Waals surface area contributed by atoms with Gasteiger partial charge in [-0.25, -0.2) is 0 Å². The predicted octanol–water partition coefficient (Wildman–Crippen LogP) is 5.79. The van der Waals surface area contributed by atoms with E-state index in [2.05, 4.69) is 39.3 Å². The fourth-order valence-corrected chi connectivity index (χ4v) is 5.42. The summed E-state index contributed by atoms with van der Waals surface area (Å²) in [6.45, 7) is 7.39. The molecule has 8 nitrogen and oxygen atoms in total. The molecule has 0 saturated carbocycles. The average Bonchev–Trinajstić information content (AvgIpc) is 3.29. The molecule has 3 atom stereocenters. The van der Waals surface area contributed by atoms with Crippen LogP contribution in [0.5, 0.6) is 5.75 Å². The quantitative estimate of drug-likeness (QED) is 0.315. The first-order chi connectivity index (χ1) is 18.3. The number of aromatic nitrogens is 4. The van der Waals surface area contributed by atoms with Gasteiger partial charge in [-0.2, -0.15) is 5.10 Å². The number of amides is 1. The number of nitrogens with zero attached hydrogens (tertiary/aromatic N) is 4. The summed E-state index contributed by atoms with van der Waals surface area (Å²) >= 11 is 12.6. The Morgan fingerprint density at radius 3 is 2.50 bits per heavy atom. The molecule has 1 aliphatic heterocycles. The molecule has 196 valence electrons. The Kier molecular flexibility index (Phi) is 7.65. The Hall–Kier alpha value is -3.46. The van der Waals surface area contributed by atoms with Crippen molar-refractivity contribution >= 4 is 52.2 Å². The number of halogens is 2. The molecular weight excluding hydrogens is 523 g/mol. The Bertz CT molecular complexity index is 1460. The Balaban J connectivity index is 1.30. The maximum Gasteiger partial charge on any atom is 0.272 e. The van der Waals surface area contributed by atoms with Gasteiger partial charge in [0, 0.05) is 54.7 Å². The van der Waals surface area contributed by atoms with Crippen LogP contribution in [0.3, 0.4) is 0 Å². The monoisotopic (exact) mass is 550 g/mol. The maximum atomic E-state index is 12.9. The minimum absolute atomic E-state index is 0.0462. The van der Waals surface area contributed by atoms with Crippen molar-refractivity contribution in [1.82, 2.24) is 30.4 Å². The van der Waals surface area contributed by atoms with Crippen molar-refractivity contribution in [3.8, 4) is 5.75 Å². The Morgan fingerprint density at radius 2 is 1.82 bits per heavy atom. The van der Waals surface area contributed by atoms with Gasteiger partial charge in [-0.05, 0) is 56.7 Å². The number of nitrogens with one attached hydrogen (secondary N) is 2. The van der Waals surface area contributed by atoms with Crippen LogP contribution in [0.2, 0.25) is 10.0 Å². The van der Waals surface area contributed by atoms with Gasteiger partial charge in [0.25, 0.3) is 5.91 Å². The van der Waals surface area contributed by atoms with Crippen LogP contribution in [0.1, 0.15) is 54.2 Å². The number of ether oxygens (including phenoxy) is 1. The minimum Gasteiger partial charge on any atom is -0.486 e. The largest absolute Gasteiger partial charge is 0.486 e. The number of piperazine rings is 1. The fraction of sp³-hybridized carbons (Fsp3) is 0.286. The number of rotatable bonds is 6. The van der Waals surface area contributed by atoms with Gasteiger partial charge in [-0.15, -0.1) is 0 Å². The first kappa shape index (κ1) is 26.2. The van der Waals surface area contributed by atoms with E-state index in [1.165, 1.54) is 0 Å².